The van der Waals surface area contributed by atoms with E-state index in [9.17, 15) is 14.7 Å². The van der Waals surface area contributed by atoms with Gasteiger partial charge >= 0.3 is 0 Å². The Morgan fingerprint density at radius 1 is 1.06 bits per heavy atom. The first kappa shape index (κ1) is 34.8. The van der Waals surface area contributed by atoms with Crippen LogP contribution in [0, 0.1) is 0 Å². The van der Waals surface area contributed by atoms with Gasteiger partial charge in [0.25, 0.3) is 11.8 Å². The van der Waals surface area contributed by atoms with Gasteiger partial charge in [-0.2, -0.15) is 0 Å². The number of rotatable bonds is 15. The number of nitrogens with two attached hydrogens (primary N) is 1. The fourth-order valence-corrected chi connectivity index (χ4v) is 7.62. The Hall–Kier alpha value is -3.55. The van der Waals surface area contributed by atoms with E-state index >= 15 is 0 Å². The number of hydrogen-bond acceptors (Lipinski definition) is 11. The molecular weight excluding hydrogens is 624 g/mol. The zero-order valence-corrected chi connectivity index (χ0v) is 28.6. The molecule has 4 atom stereocenters. The molecule has 0 saturated carbocycles. The molecule has 2 amide bonds. The van der Waals surface area contributed by atoms with E-state index in [1.165, 1.54) is 0 Å². The van der Waals surface area contributed by atoms with Gasteiger partial charge in [-0.05, 0) is 56.9 Å². The number of nitrogen functional groups attached to an aromatic ring is 1. The maximum Gasteiger partial charge on any atom is 0.256 e. The van der Waals surface area contributed by atoms with Crippen molar-refractivity contribution in [1.82, 2.24) is 9.80 Å². The third kappa shape index (κ3) is 7.79. The first-order valence-electron chi connectivity index (χ1n) is 16.5. The van der Waals surface area contributed by atoms with Gasteiger partial charge in [-0.3, -0.25) is 9.59 Å². The number of amides is 2. The van der Waals surface area contributed by atoms with Gasteiger partial charge in [0.1, 0.15) is 5.44 Å². The number of thioether (sulfide) groups is 1. The van der Waals surface area contributed by atoms with Gasteiger partial charge in [0.2, 0.25) is 0 Å². The Labute approximate surface area is 281 Å². The molecule has 0 radical (unpaired) electrons. The molecule has 0 bridgehead atoms. The van der Waals surface area contributed by atoms with Crippen molar-refractivity contribution in [2.24, 2.45) is 0 Å². The van der Waals surface area contributed by atoms with E-state index in [1.807, 2.05) is 17.9 Å². The highest BCUT2D eigenvalue weighted by Crippen LogP contribution is 2.38. The number of unbranched alkanes of at least 4 members (excludes halogenated alkanes) is 1. The number of anilines is 2. The molecule has 258 valence electrons. The molecule has 0 aromatic heterocycles. The van der Waals surface area contributed by atoms with Crippen LogP contribution < -0.4 is 30.0 Å². The van der Waals surface area contributed by atoms with Crippen molar-refractivity contribution in [2.45, 2.75) is 69.6 Å². The second kappa shape index (κ2) is 16.0. The van der Waals surface area contributed by atoms with Crippen molar-refractivity contribution in [1.29, 1.82) is 0 Å². The minimum atomic E-state index is -0.500. The number of carbonyl (C=O) groups excluding carboxylic acids is 2. The molecule has 0 spiro atoms. The number of aliphatic hydroxyl groups is 1. The molecule has 2 saturated heterocycles. The highest BCUT2D eigenvalue weighted by atomic mass is 32.2. The summed E-state index contributed by atoms with van der Waals surface area (Å²) < 4.78 is 29.2. The molecular formula is C34H48N4O8S. The van der Waals surface area contributed by atoms with Crippen LogP contribution in [0.2, 0.25) is 0 Å². The molecule has 1 unspecified atom stereocenters. The van der Waals surface area contributed by atoms with Crippen LogP contribution in [0.4, 0.5) is 11.4 Å². The van der Waals surface area contributed by atoms with E-state index in [4.69, 9.17) is 29.4 Å². The molecule has 2 fully saturated rings. The number of methoxy groups -OCH3 is 2. The van der Waals surface area contributed by atoms with Crippen LogP contribution >= 0.6 is 11.8 Å². The van der Waals surface area contributed by atoms with Gasteiger partial charge < -0.3 is 49.6 Å². The minimum Gasteiger partial charge on any atom is -0.493 e. The highest BCUT2D eigenvalue weighted by molar-refractivity contribution is 7.99. The summed E-state index contributed by atoms with van der Waals surface area (Å²) in [4.78, 5) is 30.5. The summed E-state index contributed by atoms with van der Waals surface area (Å²) >= 11 is 1.72. The highest BCUT2D eigenvalue weighted by Gasteiger charge is 2.39. The van der Waals surface area contributed by atoms with Gasteiger partial charge in [0.05, 0.1) is 62.4 Å². The molecule has 3 aliphatic heterocycles. The Kier molecular flexibility index (Phi) is 11.9. The number of aliphatic hydroxyl groups excluding tert-OH is 1. The van der Waals surface area contributed by atoms with Crippen molar-refractivity contribution in [2.75, 3.05) is 70.5 Å². The molecule has 2 aromatic carbocycles. The van der Waals surface area contributed by atoms with E-state index in [2.05, 4.69) is 12.2 Å². The zero-order chi connectivity index (χ0) is 33.5. The maximum atomic E-state index is 13.7. The lowest BCUT2D eigenvalue weighted by molar-refractivity contribution is 0.0461. The molecule has 3 heterocycles. The number of fused-ring (bicyclic) bond motifs is 2. The summed E-state index contributed by atoms with van der Waals surface area (Å²) in [6.45, 7) is 7.03. The number of nitrogens with one attached hydrogen (secondary N) is 1. The van der Waals surface area contributed by atoms with Crippen molar-refractivity contribution in [3.05, 3.63) is 35.4 Å². The van der Waals surface area contributed by atoms with Crippen LogP contribution in [-0.4, -0.2) is 110 Å². The molecule has 0 aliphatic carbocycles. The third-order valence-electron chi connectivity index (χ3n) is 8.87. The lowest BCUT2D eigenvalue weighted by Crippen LogP contribution is -2.43. The number of hydrogen-bond donors (Lipinski definition) is 3. The fourth-order valence-electron chi connectivity index (χ4n) is 6.55. The Bertz CT molecular complexity index is 1400. The van der Waals surface area contributed by atoms with Crippen LogP contribution in [0.1, 0.15) is 66.7 Å². The van der Waals surface area contributed by atoms with Crippen LogP contribution in [-0.2, 0) is 4.74 Å². The van der Waals surface area contributed by atoms with Crippen LogP contribution in [0.5, 0.6) is 23.0 Å². The van der Waals surface area contributed by atoms with Gasteiger partial charge in [-0.25, -0.2) is 0 Å². The van der Waals surface area contributed by atoms with E-state index in [0.29, 0.717) is 104 Å². The number of likely N-dealkylation sites (tertiary alicyclic amines) is 1. The monoisotopic (exact) mass is 672 g/mol. The minimum absolute atomic E-state index is 0.00633. The average Bonchev–Trinajstić information content (AvgIpc) is 3.68. The first-order chi connectivity index (χ1) is 22.8. The van der Waals surface area contributed by atoms with E-state index < -0.39 is 6.10 Å². The zero-order valence-electron chi connectivity index (χ0n) is 27.8. The predicted octanol–water partition coefficient (Wildman–Crippen LogP) is 4.25. The van der Waals surface area contributed by atoms with Gasteiger partial charge in [0.15, 0.2) is 23.0 Å². The smallest absolute Gasteiger partial charge is 0.256 e. The molecule has 5 rings (SSSR count). The van der Waals surface area contributed by atoms with Gasteiger partial charge in [-0.15, -0.1) is 11.8 Å². The fraction of sp³-hybridized carbons (Fsp3) is 0.588. The quantitative estimate of drug-likeness (QED) is 0.142. The number of nitrogens with zero attached hydrogens (tertiary/aromatic N) is 2. The van der Waals surface area contributed by atoms with Gasteiger partial charge in [0, 0.05) is 44.1 Å². The summed E-state index contributed by atoms with van der Waals surface area (Å²) in [6, 6.07) is 6.78. The summed E-state index contributed by atoms with van der Waals surface area (Å²) in [6.07, 6.45) is 3.26. The van der Waals surface area contributed by atoms with Crippen molar-refractivity contribution in [3.8, 4) is 23.0 Å². The average molecular weight is 673 g/mol. The Morgan fingerprint density at radius 3 is 2.45 bits per heavy atom. The van der Waals surface area contributed by atoms with Gasteiger partial charge in [-0.1, -0.05) is 6.92 Å². The van der Waals surface area contributed by atoms with Crippen molar-refractivity contribution in [3.63, 3.8) is 0 Å². The summed E-state index contributed by atoms with van der Waals surface area (Å²) in [5.41, 5.74) is 8.27. The van der Waals surface area contributed by atoms with E-state index in [1.54, 1.807) is 49.1 Å². The topological polar surface area (TPSA) is 145 Å². The first-order valence-corrected chi connectivity index (χ1v) is 17.6. The largest absolute Gasteiger partial charge is 0.493 e. The molecule has 2 aromatic rings. The SMILES string of the molecule is CCOC(SCC)[C@@H]1CCCN1C(=O)c1cc(OC)c(OCCCCOc2cc3c(cc2OC)C(=O)N2C[C@H](O)C[C@H]2CN3)cc1N. The standard InChI is InChI=1S/C34H48N4O8S/c1-5-44-34(47-6-2)27-10-9-11-37(27)32(40)23-15-28(42-3)30(17-25(23)35)45-12-7-8-13-46-31-18-26-24(16-29(31)43-4)33(41)38-20-22(39)14-21(38)19-36-26/h15-18,21-22,27,34,36,39H,5-14,19-20,35H2,1-4H3/t21-,22+,27-,34?/m0/s1. The number of carbonyl (C=O) groups is 2. The van der Waals surface area contributed by atoms with Crippen LogP contribution in [0.15, 0.2) is 24.3 Å². The second-order valence-electron chi connectivity index (χ2n) is 11.9. The van der Waals surface area contributed by atoms with E-state index in [-0.39, 0.29) is 29.3 Å². The lowest BCUT2D eigenvalue weighted by Gasteiger charge is -2.31. The third-order valence-corrected chi connectivity index (χ3v) is 9.98. The summed E-state index contributed by atoms with van der Waals surface area (Å²) in [5.74, 6) is 2.61. The number of benzene rings is 2. The summed E-state index contributed by atoms with van der Waals surface area (Å²) in [5, 5.41) is 13.4. The normalized spacial score (nSPS) is 21.0. The molecule has 47 heavy (non-hydrogen) atoms. The van der Waals surface area contributed by atoms with Crippen LogP contribution in [0.3, 0.4) is 0 Å². The number of ether oxygens (including phenoxy) is 5. The second-order valence-corrected chi connectivity index (χ2v) is 13.3. The molecule has 13 heteroatoms. The summed E-state index contributed by atoms with van der Waals surface area (Å²) in [7, 11) is 3.09. The van der Waals surface area contributed by atoms with Crippen LogP contribution in [0.25, 0.3) is 0 Å². The Morgan fingerprint density at radius 2 is 1.77 bits per heavy atom. The molecule has 12 nitrogen and oxygen atoms in total. The van der Waals surface area contributed by atoms with Crippen molar-refractivity contribution < 1.29 is 38.4 Å². The van der Waals surface area contributed by atoms with E-state index in [0.717, 1.165) is 18.6 Å². The van der Waals surface area contributed by atoms with Crippen molar-refractivity contribution >= 4 is 35.0 Å². The molecule has 3 aliphatic rings. The lowest BCUT2D eigenvalue weighted by atomic mass is 10.1. The predicted molar refractivity (Wildman–Crippen MR) is 182 cm³/mol. The molecule has 4 N–H and O–H groups in total. The maximum absolute atomic E-state index is 13.7. The Balaban J connectivity index is 1.15.